The summed E-state index contributed by atoms with van der Waals surface area (Å²) in [5.41, 5.74) is 0. The first-order valence-corrected chi connectivity index (χ1v) is 14.3. The molecule has 1 fully saturated rings. The van der Waals surface area contributed by atoms with Gasteiger partial charge in [-0.05, 0) is 42.9 Å². The van der Waals surface area contributed by atoms with E-state index >= 15 is 0 Å². The Bertz CT molecular complexity index is 408. The number of hydrogen-bond donors (Lipinski definition) is 3. The number of carbonyl (C=O) groups excluding carboxylic acids is 1. The van der Waals surface area contributed by atoms with Crippen molar-refractivity contribution in [1.82, 2.24) is 0 Å². The zero-order valence-electron chi connectivity index (χ0n) is 22.4. The zero-order chi connectivity index (χ0) is 24.7. The number of carbonyl (C=O) groups is 1. The molecule has 4 heteroatoms. The lowest BCUT2D eigenvalue weighted by molar-refractivity contribution is -0.107. The average molecular weight is 471 g/mol. The Morgan fingerprint density at radius 3 is 1.61 bits per heavy atom. The van der Waals surface area contributed by atoms with E-state index in [1.807, 2.05) is 0 Å². The van der Waals surface area contributed by atoms with E-state index in [1.54, 1.807) is 0 Å². The minimum Gasteiger partial charge on any atom is -0.394 e. The van der Waals surface area contributed by atoms with Gasteiger partial charge < -0.3 is 20.1 Å². The second kappa shape index (κ2) is 23.3. The third-order valence-corrected chi connectivity index (χ3v) is 7.48. The molecule has 3 unspecified atom stereocenters. The summed E-state index contributed by atoms with van der Waals surface area (Å²) >= 11 is 0. The van der Waals surface area contributed by atoms with Crippen LogP contribution in [0, 0.1) is 23.7 Å². The van der Waals surface area contributed by atoms with E-state index in [2.05, 4.69) is 20.8 Å². The molecule has 0 heterocycles. The summed E-state index contributed by atoms with van der Waals surface area (Å²) in [5.74, 6) is 3.89. The van der Waals surface area contributed by atoms with Crippen LogP contribution in [0.15, 0.2) is 0 Å². The van der Waals surface area contributed by atoms with Crippen molar-refractivity contribution in [3.63, 3.8) is 0 Å². The lowest BCUT2D eigenvalue weighted by atomic mass is 9.68. The Hall–Kier alpha value is -0.450. The number of unbranched alkanes of at least 4 members (excludes halogenated alkanes) is 13. The number of aliphatic hydroxyl groups is 3. The largest absolute Gasteiger partial charge is 0.394 e. The van der Waals surface area contributed by atoms with E-state index in [1.165, 1.54) is 103 Å². The molecule has 0 aromatic heterocycles. The molecule has 0 radical (unpaired) electrons. The molecule has 4 nitrogen and oxygen atoms in total. The van der Waals surface area contributed by atoms with Gasteiger partial charge in [-0.15, -0.1) is 0 Å². The first-order chi connectivity index (χ1) is 16.0. The van der Waals surface area contributed by atoms with Crippen molar-refractivity contribution in [2.45, 2.75) is 142 Å². The van der Waals surface area contributed by atoms with E-state index in [0.717, 1.165) is 42.8 Å². The smallest absolute Gasteiger partial charge is 0.119 e. The average Bonchev–Trinajstić information content (AvgIpc) is 2.81. The molecule has 0 aromatic rings. The van der Waals surface area contributed by atoms with Gasteiger partial charge in [0.15, 0.2) is 0 Å². The molecule has 0 aliphatic heterocycles. The van der Waals surface area contributed by atoms with E-state index < -0.39 is 6.10 Å². The quantitative estimate of drug-likeness (QED) is 0.139. The fourth-order valence-corrected chi connectivity index (χ4v) is 5.37. The zero-order valence-corrected chi connectivity index (χ0v) is 22.4. The first kappa shape index (κ1) is 32.5. The van der Waals surface area contributed by atoms with E-state index in [0.29, 0.717) is 0 Å². The van der Waals surface area contributed by atoms with Crippen LogP contribution >= 0.6 is 0 Å². The topological polar surface area (TPSA) is 77.8 Å². The molecule has 1 saturated carbocycles. The van der Waals surface area contributed by atoms with Crippen LogP contribution < -0.4 is 0 Å². The van der Waals surface area contributed by atoms with Gasteiger partial charge in [0.2, 0.25) is 0 Å². The molecule has 0 amide bonds. The molecule has 3 N–H and O–H groups in total. The van der Waals surface area contributed by atoms with Gasteiger partial charge in [0.1, 0.15) is 12.4 Å². The predicted molar refractivity (Wildman–Crippen MR) is 140 cm³/mol. The van der Waals surface area contributed by atoms with Gasteiger partial charge in [-0.3, -0.25) is 0 Å². The molecule has 1 aliphatic carbocycles. The Balaban J connectivity index is 0.00000150. The molecule has 3 atom stereocenters. The van der Waals surface area contributed by atoms with Gasteiger partial charge in [0, 0.05) is 6.42 Å². The SMILES string of the molecule is CC1CCC(C(C)C)C(CCCCCCCCCCCCCCCC=O)C1.OCC(O)CO. The Morgan fingerprint density at radius 2 is 1.21 bits per heavy atom. The lowest BCUT2D eigenvalue weighted by Crippen LogP contribution is -2.27. The summed E-state index contributed by atoms with van der Waals surface area (Å²) in [4.78, 5) is 10.2. The molecule has 0 saturated heterocycles. The summed E-state index contributed by atoms with van der Waals surface area (Å²) in [5, 5.41) is 24.0. The molecule has 1 aliphatic rings. The van der Waals surface area contributed by atoms with E-state index in [4.69, 9.17) is 15.3 Å². The van der Waals surface area contributed by atoms with Gasteiger partial charge in [-0.1, -0.05) is 111 Å². The first-order valence-electron chi connectivity index (χ1n) is 14.3. The Kier molecular flexibility index (Phi) is 23.0. The highest BCUT2D eigenvalue weighted by atomic mass is 16.3. The highest BCUT2D eigenvalue weighted by molar-refractivity contribution is 5.48. The fourth-order valence-electron chi connectivity index (χ4n) is 5.37. The van der Waals surface area contributed by atoms with Gasteiger partial charge >= 0.3 is 0 Å². The molecule has 0 aromatic carbocycles. The third-order valence-electron chi connectivity index (χ3n) is 7.48. The number of rotatable bonds is 19. The monoisotopic (exact) mass is 470 g/mol. The second-order valence-corrected chi connectivity index (χ2v) is 10.9. The Labute approximate surface area is 206 Å². The molecular formula is C29H58O4. The maximum atomic E-state index is 10.2. The maximum Gasteiger partial charge on any atom is 0.119 e. The van der Waals surface area contributed by atoms with Crippen LogP contribution in [0.25, 0.3) is 0 Å². The van der Waals surface area contributed by atoms with E-state index in [-0.39, 0.29) is 13.2 Å². The molecular weight excluding hydrogens is 412 g/mol. The maximum absolute atomic E-state index is 10.2. The summed E-state index contributed by atoms with van der Waals surface area (Å²) < 4.78 is 0. The van der Waals surface area contributed by atoms with Gasteiger partial charge in [0.05, 0.1) is 13.2 Å². The van der Waals surface area contributed by atoms with Crippen LogP contribution in [0.1, 0.15) is 136 Å². The van der Waals surface area contributed by atoms with E-state index in [9.17, 15) is 4.79 Å². The third kappa shape index (κ3) is 19.5. The molecule has 0 spiro atoms. The minimum atomic E-state index is -0.954. The van der Waals surface area contributed by atoms with Crippen LogP contribution in [-0.2, 0) is 4.79 Å². The van der Waals surface area contributed by atoms with Crippen molar-refractivity contribution in [2.75, 3.05) is 13.2 Å². The molecule has 0 bridgehead atoms. The van der Waals surface area contributed by atoms with Crippen molar-refractivity contribution in [1.29, 1.82) is 0 Å². The molecule has 198 valence electrons. The van der Waals surface area contributed by atoms with Crippen molar-refractivity contribution >= 4 is 6.29 Å². The van der Waals surface area contributed by atoms with Crippen molar-refractivity contribution in [3.8, 4) is 0 Å². The van der Waals surface area contributed by atoms with Gasteiger partial charge in [-0.2, -0.15) is 0 Å². The fraction of sp³-hybridized carbons (Fsp3) is 0.966. The van der Waals surface area contributed by atoms with Crippen LogP contribution in [-0.4, -0.2) is 40.9 Å². The number of hydrogen-bond acceptors (Lipinski definition) is 4. The second-order valence-electron chi connectivity index (χ2n) is 10.9. The summed E-state index contributed by atoms with van der Waals surface area (Å²) in [7, 11) is 0. The Morgan fingerprint density at radius 1 is 0.758 bits per heavy atom. The standard InChI is InChI=1S/C26H50O.C3H8O3/c1-23(2)26-20-19-24(3)22-25(26)18-16-14-12-10-8-6-4-5-7-9-11-13-15-17-21-27;4-1-3(6)2-5/h21,23-26H,4-20,22H2,1-3H3;3-6H,1-2H2. The summed E-state index contributed by atoms with van der Waals surface area (Å²) in [6.07, 6.45) is 24.9. The van der Waals surface area contributed by atoms with Gasteiger partial charge in [-0.25, -0.2) is 0 Å². The minimum absolute atomic E-state index is 0.365. The number of aldehydes is 1. The highest BCUT2D eigenvalue weighted by Gasteiger charge is 2.29. The summed E-state index contributed by atoms with van der Waals surface area (Å²) in [6, 6.07) is 0. The van der Waals surface area contributed by atoms with Crippen molar-refractivity contribution in [3.05, 3.63) is 0 Å². The van der Waals surface area contributed by atoms with Crippen molar-refractivity contribution in [2.24, 2.45) is 23.7 Å². The van der Waals surface area contributed by atoms with Crippen LogP contribution in [0.2, 0.25) is 0 Å². The highest BCUT2D eigenvalue weighted by Crippen LogP contribution is 2.40. The van der Waals surface area contributed by atoms with Crippen LogP contribution in [0.3, 0.4) is 0 Å². The molecule has 1 rings (SSSR count). The molecule has 33 heavy (non-hydrogen) atoms. The van der Waals surface area contributed by atoms with Crippen molar-refractivity contribution < 1.29 is 20.1 Å². The van der Waals surface area contributed by atoms with Gasteiger partial charge in [0.25, 0.3) is 0 Å². The lowest BCUT2D eigenvalue weighted by Gasteiger charge is -2.37. The predicted octanol–water partition coefficient (Wildman–Crippen LogP) is 7.08. The normalized spacial score (nSPS) is 20.7. The van der Waals surface area contributed by atoms with Crippen LogP contribution in [0.4, 0.5) is 0 Å². The van der Waals surface area contributed by atoms with Crippen LogP contribution in [0.5, 0.6) is 0 Å². The summed E-state index contributed by atoms with van der Waals surface area (Å²) in [6.45, 7) is 6.63. The number of aliphatic hydroxyl groups excluding tert-OH is 3.